The van der Waals surface area contributed by atoms with Gasteiger partial charge in [-0.1, -0.05) is 36.3 Å². The lowest BCUT2D eigenvalue weighted by atomic mass is 9.91. The maximum absolute atomic E-state index is 13.0. The second-order valence-electron chi connectivity index (χ2n) is 14.4. The third-order valence-corrected chi connectivity index (χ3v) is 11.4. The fraction of sp³-hybridized carbons (Fsp3) is 0.308. The maximum atomic E-state index is 13.0. The molecular formula is C39H42N10O9S. The van der Waals surface area contributed by atoms with E-state index >= 15 is 0 Å². The third kappa shape index (κ3) is 8.34. The highest BCUT2D eigenvalue weighted by Crippen LogP contribution is 2.41. The van der Waals surface area contributed by atoms with E-state index in [1.807, 2.05) is 36.1 Å². The molecule has 2 aliphatic heterocycles. The first-order chi connectivity index (χ1) is 28.3. The number of benzene rings is 3. The molecule has 8 rings (SSSR count). The summed E-state index contributed by atoms with van der Waals surface area (Å²) in [4.78, 5) is 29.2. The van der Waals surface area contributed by atoms with Gasteiger partial charge in [-0.15, -0.1) is 0 Å². The van der Waals surface area contributed by atoms with E-state index in [4.69, 9.17) is 24.4 Å². The number of phenolic OH excluding ortho intramolecular Hbond substituents is 2. The lowest BCUT2D eigenvalue weighted by Gasteiger charge is -2.22. The summed E-state index contributed by atoms with van der Waals surface area (Å²) < 4.78 is 36.4. The van der Waals surface area contributed by atoms with Gasteiger partial charge in [0.2, 0.25) is 16.0 Å². The van der Waals surface area contributed by atoms with Gasteiger partial charge >= 0.3 is 6.03 Å². The Morgan fingerprint density at radius 3 is 2.27 bits per heavy atom. The second kappa shape index (κ2) is 16.1. The largest absolute Gasteiger partial charge is 0.508 e. The number of carbonyl (C=O) groups is 1. The van der Waals surface area contributed by atoms with Crippen LogP contribution in [-0.4, -0.2) is 97.4 Å². The number of phenols is 2. The van der Waals surface area contributed by atoms with Crippen molar-refractivity contribution in [2.45, 2.75) is 61.2 Å². The van der Waals surface area contributed by atoms with Crippen molar-refractivity contribution in [3.05, 3.63) is 108 Å². The number of aryl methyl sites for hydroxylation is 1. The molecule has 5 atom stereocenters. The standard InChI is InChI=1S/C39H42N10O9S/c1-2-23-17-30(58-47-23)34-32(52)33(53)37(57-34)49-20-42-31-35(41-18-29(21-3-9-26(50)10-4-21)22-5-11-27(51)12-6-22)45-38(46-36(31)49)48-16-15-25(19-48)44-39(54)43-24-7-13-28(14-8-24)59(40,55)56/h3-14,17,20,25,29,32-34,37,50-53H,2,15-16,18-19H2,1H3,(H2,40,55,56)(H,41,45,46)(H2,43,44,54)/t25-,32+,33-,34-,37-/m1/s1. The van der Waals surface area contributed by atoms with E-state index < -0.39 is 40.6 Å². The summed E-state index contributed by atoms with van der Waals surface area (Å²) in [5, 5.41) is 60.7. The lowest BCUT2D eigenvalue weighted by Crippen LogP contribution is -2.40. The monoisotopic (exact) mass is 826 g/mol. The summed E-state index contributed by atoms with van der Waals surface area (Å²) in [6.07, 6.45) is -2.28. The number of aromatic hydroxyl groups is 2. The molecule has 0 unspecified atom stereocenters. The highest BCUT2D eigenvalue weighted by atomic mass is 32.2. The topological polar surface area (TPSA) is 276 Å². The quantitative estimate of drug-likeness (QED) is 0.0881. The number of hydrogen-bond acceptors (Lipinski definition) is 15. The first-order valence-electron chi connectivity index (χ1n) is 18.8. The summed E-state index contributed by atoms with van der Waals surface area (Å²) in [5.41, 5.74) is 3.45. The Hall–Kier alpha value is -6.32. The molecule has 3 aromatic carbocycles. The molecular weight excluding hydrogens is 785 g/mol. The third-order valence-electron chi connectivity index (χ3n) is 10.5. The van der Waals surface area contributed by atoms with Crippen LogP contribution in [-0.2, 0) is 21.2 Å². The number of carbonyl (C=O) groups excluding carboxylic acids is 1. The summed E-state index contributed by atoms with van der Waals surface area (Å²) >= 11 is 0. The first kappa shape index (κ1) is 39.5. The molecule has 2 amide bonds. The van der Waals surface area contributed by atoms with Crippen LogP contribution in [0.1, 0.15) is 54.2 Å². The fourth-order valence-electron chi connectivity index (χ4n) is 7.29. The van der Waals surface area contributed by atoms with Crippen LogP contribution in [0.15, 0.2) is 94.6 Å². The molecule has 5 heterocycles. The van der Waals surface area contributed by atoms with Crippen molar-refractivity contribution in [3.63, 3.8) is 0 Å². The molecule has 0 aliphatic carbocycles. The van der Waals surface area contributed by atoms with Crippen molar-refractivity contribution in [3.8, 4) is 11.5 Å². The molecule has 3 aromatic heterocycles. The van der Waals surface area contributed by atoms with Crippen molar-refractivity contribution >= 4 is 44.7 Å². The SMILES string of the molecule is CCc1cc([C@H]2O[C@@H](n3cnc4c(NCC(c5ccc(O)cc5)c5ccc(O)cc5)nc(N5CC[C@@H](NC(=O)Nc6ccc(S(N)(=O)=O)cc6)C5)nc43)[C@H](O)[C@@H]2O)on1. The molecule has 0 radical (unpaired) electrons. The number of anilines is 3. The van der Waals surface area contributed by atoms with Crippen molar-refractivity contribution in [1.29, 1.82) is 0 Å². The Morgan fingerprint density at radius 1 is 0.966 bits per heavy atom. The molecule has 2 saturated heterocycles. The zero-order chi connectivity index (χ0) is 41.4. The first-order valence-corrected chi connectivity index (χ1v) is 20.4. The molecule has 2 fully saturated rings. The Bertz CT molecular complexity index is 2510. The number of ether oxygens (including phenoxy) is 1. The molecule has 0 spiro atoms. The summed E-state index contributed by atoms with van der Waals surface area (Å²) in [6, 6.07) is 20.0. The number of urea groups is 1. The summed E-state index contributed by atoms with van der Waals surface area (Å²) in [6.45, 7) is 3.00. The Labute approximate surface area is 337 Å². The van der Waals surface area contributed by atoms with Crippen LogP contribution in [0.3, 0.4) is 0 Å². The average molecular weight is 827 g/mol. The highest BCUT2D eigenvalue weighted by Gasteiger charge is 2.47. The number of rotatable bonds is 12. The average Bonchev–Trinajstić information content (AvgIpc) is 4.03. The lowest BCUT2D eigenvalue weighted by molar-refractivity contribution is -0.0434. The normalized spacial score (nSPS) is 20.7. The van der Waals surface area contributed by atoms with Crippen molar-refractivity contribution in [1.82, 2.24) is 30.0 Å². The minimum Gasteiger partial charge on any atom is -0.508 e. The zero-order valence-electron chi connectivity index (χ0n) is 31.6. The van der Waals surface area contributed by atoms with E-state index in [9.17, 15) is 33.6 Å². The molecule has 0 bridgehead atoms. The maximum Gasteiger partial charge on any atom is 0.319 e. The number of amides is 2. The molecule has 19 nitrogen and oxygen atoms in total. The predicted molar refractivity (Wildman–Crippen MR) is 213 cm³/mol. The molecule has 9 N–H and O–H groups in total. The van der Waals surface area contributed by atoms with Gasteiger partial charge in [-0.25, -0.2) is 23.3 Å². The second-order valence-corrected chi connectivity index (χ2v) is 16.0. The Kier molecular flexibility index (Phi) is 10.8. The van der Waals surface area contributed by atoms with Crippen molar-refractivity contribution in [2.75, 3.05) is 35.2 Å². The molecule has 308 valence electrons. The molecule has 2 aliphatic rings. The van der Waals surface area contributed by atoms with Gasteiger partial charge in [-0.3, -0.25) is 4.57 Å². The Balaban J connectivity index is 1.08. The number of hydrogen-bond donors (Lipinski definition) is 8. The van der Waals surface area contributed by atoms with Gasteiger partial charge in [0.1, 0.15) is 29.8 Å². The number of nitrogens with zero attached hydrogens (tertiary/aromatic N) is 6. The number of primary sulfonamides is 1. The highest BCUT2D eigenvalue weighted by molar-refractivity contribution is 7.89. The number of aliphatic hydroxyl groups is 2. The Morgan fingerprint density at radius 2 is 1.64 bits per heavy atom. The minimum absolute atomic E-state index is 0.0799. The number of nitrogens with one attached hydrogen (secondary N) is 3. The number of nitrogens with two attached hydrogens (primary N) is 1. The van der Waals surface area contributed by atoms with Crippen LogP contribution in [0.25, 0.3) is 11.2 Å². The van der Waals surface area contributed by atoms with Gasteiger partial charge < -0.3 is 50.5 Å². The van der Waals surface area contributed by atoms with Crippen LogP contribution in [0.2, 0.25) is 0 Å². The molecule has 6 aromatic rings. The van der Waals surface area contributed by atoms with Gasteiger partial charge in [0, 0.05) is 43.3 Å². The number of fused-ring (bicyclic) bond motifs is 1. The van der Waals surface area contributed by atoms with E-state index in [0.29, 0.717) is 66.8 Å². The summed E-state index contributed by atoms with van der Waals surface area (Å²) in [5.74, 6) is 0.886. The van der Waals surface area contributed by atoms with Gasteiger partial charge in [0.25, 0.3) is 0 Å². The number of imidazole rings is 1. The van der Waals surface area contributed by atoms with Gasteiger partial charge in [-0.2, -0.15) is 9.97 Å². The van der Waals surface area contributed by atoms with E-state index in [2.05, 4.69) is 26.1 Å². The summed E-state index contributed by atoms with van der Waals surface area (Å²) in [7, 11) is -3.89. The van der Waals surface area contributed by atoms with Crippen LogP contribution in [0.5, 0.6) is 11.5 Å². The molecule has 59 heavy (non-hydrogen) atoms. The number of aromatic nitrogens is 5. The van der Waals surface area contributed by atoms with Crippen molar-refractivity contribution < 1.29 is 42.9 Å². The van der Waals surface area contributed by atoms with E-state index in [1.165, 1.54) is 35.2 Å². The molecule has 0 saturated carbocycles. The minimum atomic E-state index is -3.89. The fourth-order valence-corrected chi connectivity index (χ4v) is 7.81. The van der Waals surface area contributed by atoms with Gasteiger partial charge in [0.15, 0.2) is 29.0 Å². The van der Waals surface area contributed by atoms with Crippen LogP contribution in [0, 0.1) is 0 Å². The number of aliphatic hydroxyl groups excluding tert-OH is 2. The molecule has 20 heteroatoms. The zero-order valence-corrected chi connectivity index (χ0v) is 32.4. The van der Waals surface area contributed by atoms with Gasteiger partial charge in [-0.05, 0) is 72.5 Å². The van der Waals surface area contributed by atoms with E-state index in [-0.39, 0.29) is 34.1 Å². The van der Waals surface area contributed by atoms with E-state index in [0.717, 1.165) is 11.1 Å². The van der Waals surface area contributed by atoms with Gasteiger partial charge in [0.05, 0.1) is 16.9 Å². The number of sulfonamides is 1. The smallest absolute Gasteiger partial charge is 0.319 e. The van der Waals surface area contributed by atoms with Crippen LogP contribution < -0.4 is 26.0 Å². The van der Waals surface area contributed by atoms with Crippen LogP contribution in [0.4, 0.5) is 22.2 Å². The van der Waals surface area contributed by atoms with Crippen LogP contribution >= 0.6 is 0 Å². The van der Waals surface area contributed by atoms with Crippen molar-refractivity contribution in [2.24, 2.45) is 5.14 Å². The predicted octanol–water partition coefficient (Wildman–Crippen LogP) is 3.07. The van der Waals surface area contributed by atoms with E-state index in [1.54, 1.807) is 30.3 Å².